The van der Waals surface area contributed by atoms with E-state index in [0.717, 1.165) is 13.0 Å². The van der Waals surface area contributed by atoms with Crippen LogP contribution in [0.1, 0.15) is 19.8 Å². The normalized spacial score (nSPS) is 22.4. The molecule has 0 aromatic heterocycles. The molecule has 1 rings (SSSR count). The van der Waals surface area contributed by atoms with Crippen LogP contribution >= 0.6 is 0 Å². The van der Waals surface area contributed by atoms with Crippen molar-refractivity contribution < 1.29 is 19.8 Å². The van der Waals surface area contributed by atoms with Gasteiger partial charge >= 0.3 is 12.0 Å². The maximum atomic E-state index is 12.4. The van der Waals surface area contributed by atoms with Crippen LogP contribution in [-0.2, 0) is 4.79 Å². The SMILES string of the molecule is CCN(CCCN(C)C)C(=O)N1CC(O)C[C@H]1C(=O)O. The van der Waals surface area contributed by atoms with Crippen molar-refractivity contribution in [1.29, 1.82) is 0 Å². The summed E-state index contributed by atoms with van der Waals surface area (Å²) in [4.78, 5) is 28.5. The van der Waals surface area contributed by atoms with Crippen molar-refractivity contribution >= 4 is 12.0 Å². The molecule has 1 aliphatic rings. The number of urea groups is 1. The van der Waals surface area contributed by atoms with Crippen molar-refractivity contribution in [2.24, 2.45) is 0 Å². The Morgan fingerprint density at radius 1 is 1.30 bits per heavy atom. The van der Waals surface area contributed by atoms with Gasteiger partial charge in [0.25, 0.3) is 0 Å². The topological polar surface area (TPSA) is 84.3 Å². The Hall–Kier alpha value is -1.34. The first kappa shape index (κ1) is 16.7. The van der Waals surface area contributed by atoms with E-state index in [2.05, 4.69) is 0 Å². The summed E-state index contributed by atoms with van der Waals surface area (Å²) in [6, 6.07) is -1.21. The summed E-state index contributed by atoms with van der Waals surface area (Å²) >= 11 is 0. The minimum absolute atomic E-state index is 0.0972. The molecule has 2 N–H and O–H groups in total. The van der Waals surface area contributed by atoms with E-state index in [1.54, 1.807) is 4.90 Å². The van der Waals surface area contributed by atoms with Gasteiger partial charge in [-0.25, -0.2) is 9.59 Å². The summed E-state index contributed by atoms with van der Waals surface area (Å²) in [7, 11) is 3.94. The fraction of sp³-hybridized carbons (Fsp3) is 0.846. The third-order valence-corrected chi connectivity index (χ3v) is 3.50. The summed E-state index contributed by atoms with van der Waals surface area (Å²) in [5.74, 6) is -1.06. The molecule has 0 aliphatic carbocycles. The summed E-state index contributed by atoms with van der Waals surface area (Å²) in [5.41, 5.74) is 0. The third-order valence-electron chi connectivity index (χ3n) is 3.50. The molecule has 1 fully saturated rings. The average Bonchev–Trinajstić information content (AvgIpc) is 2.76. The van der Waals surface area contributed by atoms with Crippen LogP contribution in [0.3, 0.4) is 0 Å². The second-order valence-electron chi connectivity index (χ2n) is 5.41. The largest absolute Gasteiger partial charge is 0.480 e. The summed E-state index contributed by atoms with van der Waals surface area (Å²) in [6.45, 7) is 3.96. The molecule has 20 heavy (non-hydrogen) atoms. The number of β-amino-alcohol motifs (C(OH)–C–C–N with tert-alkyl or cyclic N) is 1. The first-order valence-corrected chi connectivity index (χ1v) is 6.98. The number of carbonyl (C=O) groups excluding carboxylic acids is 1. The van der Waals surface area contributed by atoms with Gasteiger partial charge in [-0.2, -0.15) is 0 Å². The van der Waals surface area contributed by atoms with Crippen molar-refractivity contribution in [2.45, 2.75) is 31.9 Å². The second kappa shape index (κ2) is 7.44. The molecule has 0 spiro atoms. The Bertz CT molecular complexity index is 349. The highest BCUT2D eigenvalue weighted by Crippen LogP contribution is 2.20. The van der Waals surface area contributed by atoms with Crippen molar-refractivity contribution in [3.05, 3.63) is 0 Å². The predicted molar refractivity (Wildman–Crippen MR) is 74.6 cm³/mol. The zero-order valence-electron chi connectivity index (χ0n) is 12.4. The van der Waals surface area contributed by atoms with Crippen LogP contribution in [0.15, 0.2) is 0 Å². The van der Waals surface area contributed by atoms with Crippen molar-refractivity contribution in [3.63, 3.8) is 0 Å². The van der Waals surface area contributed by atoms with E-state index in [1.165, 1.54) is 4.90 Å². The molecule has 0 saturated carbocycles. The van der Waals surface area contributed by atoms with Gasteiger partial charge < -0.3 is 24.9 Å². The molecule has 1 unspecified atom stereocenters. The average molecular weight is 287 g/mol. The molecule has 2 amide bonds. The number of aliphatic hydroxyl groups excluding tert-OH is 1. The number of likely N-dealkylation sites (tertiary alicyclic amines) is 1. The number of amides is 2. The van der Waals surface area contributed by atoms with Gasteiger partial charge in [0, 0.05) is 26.1 Å². The molecule has 0 aromatic rings. The molecule has 7 nitrogen and oxygen atoms in total. The van der Waals surface area contributed by atoms with Crippen LogP contribution in [-0.4, -0.2) is 89.3 Å². The monoisotopic (exact) mass is 287 g/mol. The third kappa shape index (κ3) is 4.35. The van der Waals surface area contributed by atoms with Gasteiger partial charge in [-0.05, 0) is 34.0 Å². The van der Waals surface area contributed by atoms with Gasteiger partial charge in [0.15, 0.2) is 0 Å². The minimum atomic E-state index is -1.06. The van der Waals surface area contributed by atoms with E-state index in [1.807, 2.05) is 25.9 Å². The molecule has 1 heterocycles. The smallest absolute Gasteiger partial charge is 0.326 e. The number of aliphatic hydroxyl groups is 1. The number of hydrogen-bond acceptors (Lipinski definition) is 4. The number of carboxylic acid groups (broad SMARTS) is 1. The Morgan fingerprint density at radius 2 is 1.95 bits per heavy atom. The zero-order chi connectivity index (χ0) is 15.3. The number of rotatable bonds is 6. The Morgan fingerprint density at radius 3 is 2.45 bits per heavy atom. The van der Waals surface area contributed by atoms with Crippen LogP contribution in [0, 0.1) is 0 Å². The molecule has 7 heteroatoms. The zero-order valence-corrected chi connectivity index (χ0v) is 12.4. The van der Waals surface area contributed by atoms with Crippen LogP contribution in [0.5, 0.6) is 0 Å². The Kier molecular flexibility index (Phi) is 6.22. The fourth-order valence-electron chi connectivity index (χ4n) is 2.41. The van der Waals surface area contributed by atoms with Crippen molar-refractivity contribution in [1.82, 2.24) is 14.7 Å². The van der Waals surface area contributed by atoms with Crippen LogP contribution < -0.4 is 0 Å². The molecule has 0 aromatic carbocycles. The van der Waals surface area contributed by atoms with E-state index in [-0.39, 0.29) is 19.0 Å². The number of aliphatic carboxylic acids is 1. The maximum absolute atomic E-state index is 12.4. The van der Waals surface area contributed by atoms with Gasteiger partial charge in [-0.15, -0.1) is 0 Å². The first-order chi connectivity index (χ1) is 9.36. The minimum Gasteiger partial charge on any atom is -0.480 e. The van der Waals surface area contributed by atoms with Gasteiger partial charge in [0.1, 0.15) is 6.04 Å². The van der Waals surface area contributed by atoms with Gasteiger partial charge in [0.05, 0.1) is 6.10 Å². The Balaban J connectivity index is 2.62. The van der Waals surface area contributed by atoms with Gasteiger partial charge in [0.2, 0.25) is 0 Å². The molecule has 2 atom stereocenters. The molecular weight excluding hydrogens is 262 g/mol. The lowest BCUT2D eigenvalue weighted by Gasteiger charge is -2.29. The number of nitrogens with zero attached hydrogens (tertiary/aromatic N) is 3. The van der Waals surface area contributed by atoms with Gasteiger partial charge in [-0.3, -0.25) is 0 Å². The first-order valence-electron chi connectivity index (χ1n) is 6.98. The lowest BCUT2D eigenvalue weighted by atomic mass is 10.2. The van der Waals surface area contributed by atoms with Crippen LogP contribution in [0.2, 0.25) is 0 Å². The fourth-order valence-corrected chi connectivity index (χ4v) is 2.41. The number of carboxylic acids is 1. The lowest BCUT2D eigenvalue weighted by molar-refractivity contribution is -0.141. The van der Waals surface area contributed by atoms with Gasteiger partial charge in [-0.1, -0.05) is 0 Å². The number of carbonyl (C=O) groups is 2. The van der Waals surface area contributed by atoms with Crippen LogP contribution in [0.25, 0.3) is 0 Å². The lowest BCUT2D eigenvalue weighted by Crippen LogP contribution is -2.48. The molecule has 1 saturated heterocycles. The second-order valence-corrected chi connectivity index (χ2v) is 5.41. The predicted octanol–water partition coefficient (Wildman–Crippen LogP) is -0.100. The highest BCUT2D eigenvalue weighted by Gasteiger charge is 2.40. The molecular formula is C13H25N3O4. The quantitative estimate of drug-likeness (QED) is 0.712. The number of hydrogen-bond donors (Lipinski definition) is 2. The molecule has 0 radical (unpaired) electrons. The summed E-state index contributed by atoms with van der Waals surface area (Å²) < 4.78 is 0. The summed E-state index contributed by atoms with van der Waals surface area (Å²) in [5, 5.41) is 18.7. The van der Waals surface area contributed by atoms with E-state index in [0.29, 0.717) is 13.1 Å². The highest BCUT2D eigenvalue weighted by atomic mass is 16.4. The summed E-state index contributed by atoms with van der Waals surface area (Å²) in [6.07, 6.45) is 0.192. The Labute approximate surface area is 119 Å². The van der Waals surface area contributed by atoms with Crippen molar-refractivity contribution in [2.75, 3.05) is 40.3 Å². The van der Waals surface area contributed by atoms with E-state index >= 15 is 0 Å². The highest BCUT2D eigenvalue weighted by molar-refractivity contribution is 5.83. The molecule has 0 bridgehead atoms. The van der Waals surface area contributed by atoms with Crippen molar-refractivity contribution in [3.8, 4) is 0 Å². The van der Waals surface area contributed by atoms with E-state index in [9.17, 15) is 14.7 Å². The van der Waals surface area contributed by atoms with Crippen LogP contribution in [0.4, 0.5) is 4.79 Å². The standard InChI is InChI=1S/C13H25N3O4/c1-4-15(7-5-6-14(2)3)13(20)16-9-10(17)8-11(16)12(18)19/h10-11,17H,4-9H2,1-3H3,(H,18,19)/t10?,11-/m0/s1. The molecule has 1 aliphatic heterocycles. The molecule has 116 valence electrons. The van der Waals surface area contributed by atoms with E-state index < -0.39 is 18.1 Å². The maximum Gasteiger partial charge on any atom is 0.326 e. The van der Waals surface area contributed by atoms with E-state index in [4.69, 9.17) is 5.11 Å².